The molecule has 0 unspecified atom stereocenters. The van der Waals surface area contributed by atoms with E-state index >= 15 is 0 Å². The van der Waals surface area contributed by atoms with Crippen molar-refractivity contribution in [3.63, 3.8) is 0 Å². The van der Waals surface area contributed by atoms with Crippen LogP contribution in [0.3, 0.4) is 0 Å². The Kier molecular flexibility index (Phi) is 5.20. The number of hydrogen-bond donors (Lipinski definition) is 1. The number of aromatic nitrogens is 5. The summed E-state index contributed by atoms with van der Waals surface area (Å²) in [6.45, 7) is 4.93. The lowest BCUT2D eigenvalue weighted by molar-refractivity contribution is 0.0945. The molecule has 0 saturated carbocycles. The molecular weight excluding hydrogens is 364 g/mol. The number of carbonyl (C=O) groups is 1. The van der Waals surface area contributed by atoms with E-state index in [1.807, 2.05) is 79.3 Å². The molecule has 4 aromatic rings. The van der Waals surface area contributed by atoms with Gasteiger partial charge in [0, 0.05) is 18.9 Å². The van der Waals surface area contributed by atoms with Crippen molar-refractivity contribution in [2.45, 2.75) is 26.9 Å². The van der Waals surface area contributed by atoms with Gasteiger partial charge in [0.1, 0.15) is 0 Å². The van der Waals surface area contributed by atoms with Crippen molar-refractivity contribution in [1.29, 1.82) is 0 Å². The maximum Gasteiger partial charge on any atom is 0.274 e. The summed E-state index contributed by atoms with van der Waals surface area (Å²) >= 11 is 0. The van der Waals surface area contributed by atoms with Crippen LogP contribution in [-0.4, -0.2) is 30.7 Å². The van der Waals surface area contributed by atoms with Gasteiger partial charge in [-0.3, -0.25) is 9.48 Å². The molecule has 29 heavy (non-hydrogen) atoms. The highest BCUT2D eigenvalue weighted by Crippen LogP contribution is 2.14. The zero-order chi connectivity index (χ0) is 20.2. The van der Waals surface area contributed by atoms with Crippen molar-refractivity contribution in [2.24, 2.45) is 0 Å². The average molecular weight is 386 g/mol. The summed E-state index contributed by atoms with van der Waals surface area (Å²) in [5.74, 6) is -0.240. The van der Waals surface area contributed by atoms with Crippen molar-refractivity contribution in [1.82, 2.24) is 30.1 Å². The second-order valence-electron chi connectivity index (χ2n) is 6.93. The summed E-state index contributed by atoms with van der Waals surface area (Å²) in [7, 11) is 0. The zero-order valence-electron chi connectivity index (χ0n) is 16.4. The zero-order valence-corrected chi connectivity index (χ0v) is 16.4. The highest BCUT2D eigenvalue weighted by atomic mass is 16.2. The van der Waals surface area contributed by atoms with Crippen molar-refractivity contribution in [3.05, 3.63) is 95.1 Å². The molecular formula is C22H22N6O. The molecule has 0 atom stereocenters. The molecule has 0 fully saturated rings. The third-order valence-electron chi connectivity index (χ3n) is 4.81. The fourth-order valence-electron chi connectivity index (χ4n) is 3.26. The van der Waals surface area contributed by atoms with Gasteiger partial charge in [-0.15, -0.1) is 5.10 Å². The second kappa shape index (κ2) is 8.10. The Labute approximate surface area is 169 Å². The maximum absolute atomic E-state index is 12.7. The van der Waals surface area contributed by atoms with Crippen LogP contribution in [0.25, 0.3) is 5.69 Å². The van der Waals surface area contributed by atoms with Crippen LogP contribution in [-0.2, 0) is 13.1 Å². The highest BCUT2D eigenvalue weighted by molar-refractivity contribution is 5.93. The molecule has 146 valence electrons. The van der Waals surface area contributed by atoms with Crippen LogP contribution in [0, 0.1) is 13.8 Å². The lowest BCUT2D eigenvalue weighted by atomic mass is 10.1. The van der Waals surface area contributed by atoms with Crippen molar-refractivity contribution >= 4 is 5.91 Å². The molecule has 0 aliphatic carbocycles. The van der Waals surface area contributed by atoms with Crippen molar-refractivity contribution < 1.29 is 4.79 Å². The Morgan fingerprint density at radius 2 is 1.86 bits per heavy atom. The van der Waals surface area contributed by atoms with Crippen LogP contribution < -0.4 is 5.32 Å². The van der Waals surface area contributed by atoms with E-state index in [9.17, 15) is 4.79 Å². The minimum Gasteiger partial charge on any atom is -0.346 e. The number of nitrogens with one attached hydrogen (secondary N) is 1. The topological polar surface area (TPSA) is 77.6 Å². The van der Waals surface area contributed by atoms with E-state index in [-0.39, 0.29) is 5.91 Å². The third-order valence-corrected chi connectivity index (χ3v) is 4.81. The molecule has 0 spiro atoms. The molecule has 2 aromatic heterocycles. The van der Waals surface area contributed by atoms with Crippen LogP contribution in [0.2, 0.25) is 0 Å². The Balaban J connectivity index is 1.49. The molecule has 0 saturated heterocycles. The normalized spacial score (nSPS) is 10.8. The number of amides is 1. The Bertz CT molecular complexity index is 1130. The predicted molar refractivity (Wildman–Crippen MR) is 110 cm³/mol. The van der Waals surface area contributed by atoms with Gasteiger partial charge >= 0.3 is 0 Å². The van der Waals surface area contributed by atoms with Crippen LogP contribution in [0.15, 0.2) is 67.0 Å². The molecule has 0 aliphatic rings. The van der Waals surface area contributed by atoms with Crippen molar-refractivity contribution in [2.75, 3.05) is 0 Å². The fourth-order valence-corrected chi connectivity index (χ4v) is 3.26. The first-order valence-electron chi connectivity index (χ1n) is 9.43. The summed E-state index contributed by atoms with van der Waals surface area (Å²) in [6, 6.07) is 17.8. The third kappa shape index (κ3) is 4.08. The summed E-state index contributed by atoms with van der Waals surface area (Å²) in [5, 5.41) is 15.5. The van der Waals surface area contributed by atoms with Gasteiger partial charge in [-0.2, -0.15) is 5.10 Å². The van der Waals surface area contributed by atoms with Crippen LogP contribution in [0.5, 0.6) is 0 Å². The highest BCUT2D eigenvalue weighted by Gasteiger charge is 2.17. The van der Waals surface area contributed by atoms with E-state index in [1.54, 1.807) is 10.9 Å². The summed E-state index contributed by atoms with van der Waals surface area (Å²) in [5.41, 5.74) is 5.20. The van der Waals surface area contributed by atoms with E-state index in [1.165, 1.54) is 0 Å². The molecule has 4 rings (SSSR count). The molecule has 1 N–H and O–H groups in total. The van der Waals surface area contributed by atoms with Gasteiger partial charge in [0.05, 0.1) is 17.9 Å². The lowest BCUT2D eigenvalue weighted by Crippen LogP contribution is -2.25. The summed E-state index contributed by atoms with van der Waals surface area (Å²) in [6.07, 6.45) is 3.67. The minimum absolute atomic E-state index is 0.240. The minimum atomic E-state index is -0.240. The first-order valence-corrected chi connectivity index (χ1v) is 9.43. The first kappa shape index (κ1) is 18.6. The van der Waals surface area contributed by atoms with Gasteiger partial charge in [-0.05, 0) is 48.7 Å². The SMILES string of the molecule is Cc1cccc(-n2nnc(C(=O)NCc3ccccc3Cn3cccn3)c2C)c1. The number of nitrogens with zero attached hydrogens (tertiary/aromatic N) is 5. The number of aryl methyl sites for hydroxylation is 1. The van der Waals surface area contributed by atoms with E-state index in [4.69, 9.17) is 0 Å². The van der Waals surface area contributed by atoms with Crippen LogP contribution >= 0.6 is 0 Å². The maximum atomic E-state index is 12.7. The van der Waals surface area contributed by atoms with Gasteiger partial charge in [-0.1, -0.05) is 41.6 Å². The fraction of sp³-hybridized carbons (Fsp3) is 0.182. The summed E-state index contributed by atoms with van der Waals surface area (Å²) < 4.78 is 3.55. The van der Waals surface area contributed by atoms with Gasteiger partial charge in [0.15, 0.2) is 5.69 Å². The molecule has 2 heterocycles. The Hall–Kier alpha value is -3.74. The van der Waals surface area contributed by atoms with Crippen LogP contribution in [0.1, 0.15) is 32.9 Å². The average Bonchev–Trinajstić information content (AvgIpc) is 3.37. The smallest absolute Gasteiger partial charge is 0.274 e. The molecule has 0 aliphatic heterocycles. The number of hydrogen-bond acceptors (Lipinski definition) is 4. The molecule has 2 aromatic carbocycles. The van der Waals surface area contributed by atoms with E-state index in [0.29, 0.717) is 24.5 Å². The number of carbonyl (C=O) groups excluding carboxylic acids is 1. The second-order valence-corrected chi connectivity index (χ2v) is 6.93. The first-order chi connectivity index (χ1) is 14.1. The van der Waals surface area contributed by atoms with E-state index < -0.39 is 0 Å². The van der Waals surface area contributed by atoms with Gasteiger partial charge in [0.25, 0.3) is 5.91 Å². The van der Waals surface area contributed by atoms with Crippen molar-refractivity contribution in [3.8, 4) is 5.69 Å². The lowest BCUT2D eigenvalue weighted by Gasteiger charge is -2.11. The molecule has 0 bridgehead atoms. The Morgan fingerprint density at radius 1 is 1.03 bits per heavy atom. The standard InChI is InChI=1S/C22H22N6O/c1-16-7-5-10-20(13-16)28-17(2)21(25-26-28)22(29)23-14-18-8-3-4-9-19(18)15-27-12-6-11-24-27/h3-13H,14-15H2,1-2H3,(H,23,29). The van der Waals surface area contributed by atoms with Gasteiger partial charge in [0.2, 0.25) is 0 Å². The predicted octanol–water partition coefficient (Wildman–Crippen LogP) is 3.06. The molecule has 7 nitrogen and oxygen atoms in total. The van der Waals surface area contributed by atoms with Crippen LogP contribution in [0.4, 0.5) is 0 Å². The van der Waals surface area contributed by atoms with E-state index in [0.717, 1.165) is 22.4 Å². The largest absolute Gasteiger partial charge is 0.346 e. The quantitative estimate of drug-likeness (QED) is 0.552. The summed E-state index contributed by atoms with van der Waals surface area (Å²) in [4.78, 5) is 12.7. The molecule has 7 heteroatoms. The van der Waals surface area contributed by atoms with Gasteiger partial charge in [-0.25, -0.2) is 4.68 Å². The Morgan fingerprint density at radius 3 is 2.62 bits per heavy atom. The molecule has 1 amide bonds. The number of benzene rings is 2. The van der Waals surface area contributed by atoms with Gasteiger partial charge < -0.3 is 5.32 Å². The molecule has 0 radical (unpaired) electrons. The van der Waals surface area contributed by atoms with E-state index in [2.05, 4.69) is 20.7 Å². The monoisotopic (exact) mass is 386 g/mol. The number of rotatable bonds is 6.